The number of hydrogen-bond acceptors (Lipinski definition) is 3. The van der Waals surface area contributed by atoms with Crippen LogP contribution in [-0.2, 0) is 0 Å². The standard InChI is InChI=1S/C10H14N2O/c1-2-7-12-10(5-1)13-9-4-3-6-11-8-9/h3-4,6,8,10,12H,1-2,5,7H2. The van der Waals surface area contributed by atoms with Crippen LogP contribution in [-0.4, -0.2) is 17.8 Å². The number of aromatic nitrogens is 1. The molecule has 2 heterocycles. The molecule has 1 aromatic heterocycles. The third-order valence-electron chi connectivity index (χ3n) is 2.18. The van der Waals surface area contributed by atoms with Crippen molar-refractivity contribution >= 4 is 0 Å². The van der Waals surface area contributed by atoms with Gasteiger partial charge in [0, 0.05) is 6.20 Å². The lowest BCUT2D eigenvalue weighted by Crippen LogP contribution is -2.38. The summed E-state index contributed by atoms with van der Waals surface area (Å²) in [6.07, 6.45) is 7.27. The number of pyridine rings is 1. The first-order valence-corrected chi connectivity index (χ1v) is 4.75. The lowest BCUT2D eigenvalue weighted by Gasteiger charge is -2.24. The van der Waals surface area contributed by atoms with Crippen molar-refractivity contribution in [2.24, 2.45) is 0 Å². The second kappa shape index (κ2) is 4.23. The molecule has 0 saturated carbocycles. The first kappa shape index (κ1) is 8.51. The van der Waals surface area contributed by atoms with Gasteiger partial charge in [0.2, 0.25) is 0 Å². The topological polar surface area (TPSA) is 34.1 Å². The summed E-state index contributed by atoms with van der Waals surface area (Å²) in [4.78, 5) is 4.00. The van der Waals surface area contributed by atoms with Crippen molar-refractivity contribution in [3.8, 4) is 5.75 Å². The van der Waals surface area contributed by atoms with Gasteiger partial charge in [0.1, 0.15) is 12.0 Å². The van der Waals surface area contributed by atoms with Gasteiger partial charge in [-0.2, -0.15) is 0 Å². The second-order valence-corrected chi connectivity index (χ2v) is 3.25. The summed E-state index contributed by atoms with van der Waals surface area (Å²) in [5.74, 6) is 0.849. The van der Waals surface area contributed by atoms with Gasteiger partial charge in [0.05, 0.1) is 6.20 Å². The molecule has 0 bridgehead atoms. The Morgan fingerprint density at radius 3 is 3.15 bits per heavy atom. The molecule has 3 nitrogen and oxygen atoms in total. The minimum absolute atomic E-state index is 0.179. The summed E-state index contributed by atoms with van der Waals surface area (Å²) < 4.78 is 5.68. The van der Waals surface area contributed by atoms with Gasteiger partial charge in [-0.3, -0.25) is 10.3 Å². The Labute approximate surface area is 78.1 Å². The van der Waals surface area contributed by atoms with Gasteiger partial charge in [-0.05, 0) is 37.9 Å². The van der Waals surface area contributed by atoms with E-state index in [2.05, 4.69) is 10.3 Å². The number of hydrogen-bond donors (Lipinski definition) is 1. The summed E-state index contributed by atoms with van der Waals surface area (Å²) in [6.45, 7) is 1.06. The highest BCUT2D eigenvalue weighted by molar-refractivity contribution is 5.15. The number of nitrogens with one attached hydrogen (secondary N) is 1. The molecule has 3 heteroatoms. The van der Waals surface area contributed by atoms with Crippen LogP contribution in [0.3, 0.4) is 0 Å². The van der Waals surface area contributed by atoms with Crippen molar-refractivity contribution in [2.45, 2.75) is 25.5 Å². The maximum atomic E-state index is 5.68. The Morgan fingerprint density at radius 1 is 1.46 bits per heavy atom. The molecule has 13 heavy (non-hydrogen) atoms. The highest BCUT2D eigenvalue weighted by Gasteiger charge is 2.13. The average molecular weight is 178 g/mol. The lowest BCUT2D eigenvalue weighted by atomic mass is 10.1. The highest BCUT2D eigenvalue weighted by atomic mass is 16.5. The van der Waals surface area contributed by atoms with E-state index in [1.165, 1.54) is 12.8 Å². The van der Waals surface area contributed by atoms with E-state index in [4.69, 9.17) is 4.74 Å². The highest BCUT2D eigenvalue weighted by Crippen LogP contribution is 2.13. The van der Waals surface area contributed by atoms with E-state index in [-0.39, 0.29) is 6.23 Å². The minimum Gasteiger partial charge on any atom is -0.474 e. The molecule has 70 valence electrons. The molecule has 0 spiro atoms. The van der Waals surface area contributed by atoms with Crippen molar-refractivity contribution in [3.05, 3.63) is 24.5 Å². The molecule has 0 aliphatic carbocycles. The van der Waals surface area contributed by atoms with Crippen LogP contribution in [0.2, 0.25) is 0 Å². The number of rotatable bonds is 2. The molecule has 1 atom stereocenters. The third kappa shape index (κ3) is 2.42. The quantitative estimate of drug-likeness (QED) is 0.746. The van der Waals surface area contributed by atoms with Crippen molar-refractivity contribution in [1.82, 2.24) is 10.3 Å². The molecule has 0 amide bonds. The van der Waals surface area contributed by atoms with E-state index < -0.39 is 0 Å². The fraction of sp³-hybridized carbons (Fsp3) is 0.500. The molecule has 1 fully saturated rings. The predicted molar refractivity (Wildman–Crippen MR) is 50.5 cm³/mol. The van der Waals surface area contributed by atoms with Gasteiger partial charge in [0.15, 0.2) is 0 Å². The van der Waals surface area contributed by atoms with Crippen molar-refractivity contribution < 1.29 is 4.74 Å². The van der Waals surface area contributed by atoms with Gasteiger partial charge < -0.3 is 4.74 Å². The van der Waals surface area contributed by atoms with Crippen molar-refractivity contribution in [2.75, 3.05) is 6.54 Å². The summed E-state index contributed by atoms with van der Waals surface area (Å²) in [5, 5.41) is 3.32. The smallest absolute Gasteiger partial charge is 0.150 e. The maximum absolute atomic E-state index is 5.68. The van der Waals surface area contributed by atoms with Crippen LogP contribution in [0, 0.1) is 0 Å². The Bertz CT molecular complexity index is 244. The van der Waals surface area contributed by atoms with Crippen LogP contribution < -0.4 is 10.1 Å². The summed E-state index contributed by atoms with van der Waals surface area (Å²) >= 11 is 0. The zero-order chi connectivity index (χ0) is 8.93. The van der Waals surface area contributed by atoms with E-state index in [1.54, 1.807) is 12.4 Å². The summed E-state index contributed by atoms with van der Waals surface area (Å²) in [7, 11) is 0. The van der Waals surface area contributed by atoms with Crippen LogP contribution in [0.25, 0.3) is 0 Å². The van der Waals surface area contributed by atoms with Crippen LogP contribution in [0.4, 0.5) is 0 Å². The normalized spacial score (nSPS) is 22.6. The van der Waals surface area contributed by atoms with Crippen LogP contribution in [0.5, 0.6) is 5.75 Å². The van der Waals surface area contributed by atoms with Gasteiger partial charge in [0.25, 0.3) is 0 Å². The third-order valence-corrected chi connectivity index (χ3v) is 2.18. The first-order valence-electron chi connectivity index (χ1n) is 4.75. The van der Waals surface area contributed by atoms with Crippen LogP contribution in [0.15, 0.2) is 24.5 Å². The molecular weight excluding hydrogens is 164 g/mol. The minimum atomic E-state index is 0.179. The first-order chi connectivity index (χ1) is 6.45. The fourth-order valence-corrected chi connectivity index (χ4v) is 1.50. The fourth-order valence-electron chi connectivity index (χ4n) is 1.50. The molecule has 1 aromatic rings. The maximum Gasteiger partial charge on any atom is 0.150 e. The van der Waals surface area contributed by atoms with Gasteiger partial charge in [-0.15, -0.1) is 0 Å². The molecule has 2 rings (SSSR count). The summed E-state index contributed by atoms with van der Waals surface area (Å²) in [5.41, 5.74) is 0. The predicted octanol–water partition coefficient (Wildman–Crippen LogP) is 1.56. The largest absolute Gasteiger partial charge is 0.474 e. The zero-order valence-corrected chi connectivity index (χ0v) is 7.57. The molecule has 1 N–H and O–H groups in total. The van der Waals surface area contributed by atoms with Crippen molar-refractivity contribution in [3.63, 3.8) is 0 Å². The number of piperidine rings is 1. The lowest BCUT2D eigenvalue weighted by molar-refractivity contribution is 0.132. The van der Waals surface area contributed by atoms with Crippen LogP contribution in [0.1, 0.15) is 19.3 Å². The van der Waals surface area contributed by atoms with E-state index >= 15 is 0 Å². The Hall–Kier alpha value is -1.09. The Balaban J connectivity index is 1.90. The van der Waals surface area contributed by atoms with Crippen LogP contribution >= 0.6 is 0 Å². The van der Waals surface area contributed by atoms with Gasteiger partial charge in [-0.25, -0.2) is 0 Å². The molecular formula is C10H14N2O. The molecule has 1 aliphatic heterocycles. The average Bonchev–Trinajstić information content (AvgIpc) is 2.21. The Kier molecular flexibility index (Phi) is 2.77. The monoisotopic (exact) mass is 178 g/mol. The zero-order valence-electron chi connectivity index (χ0n) is 7.57. The van der Waals surface area contributed by atoms with Crippen molar-refractivity contribution in [1.29, 1.82) is 0 Å². The molecule has 0 aromatic carbocycles. The number of nitrogens with zero attached hydrogens (tertiary/aromatic N) is 1. The van der Waals surface area contributed by atoms with E-state index in [1.807, 2.05) is 12.1 Å². The molecule has 1 unspecified atom stereocenters. The molecule has 1 aliphatic rings. The second-order valence-electron chi connectivity index (χ2n) is 3.25. The van der Waals surface area contributed by atoms with Gasteiger partial charge >= 0.3 is 0 Å². The molecule has 0 radical (unpaired) electrons. The Morgan fingerprint density at radius 2 is 2.46 bits per heavy atom. The van der Waals surface area contributed by atoms with E-state index in [0.717, 1.165) is 18.7 Å². The van der Waals surface area contributed by atoms with Gasteiger partial charge in [-0.1, -0.05) is 0 Å². The van der Waals surface area contributed by atoms with E-state index in [0.29, 0.717) is 0 Å². The SMILES string of the molecule is c1cncc(OC2CCCCN2)c1. The number of ether oxygens (including phenoxy) is 1. The van der Waals surface area contributed by atoms with E-state index in [9.17, 15) is 0 Å². The summed E-state index contributed by atoms with van der Waals surface area (Å²) in [6, 6.07) is 3.82. The molecule has 1 saturated heterocycles.